The van der Waals surface area contributed by atoms with Gasteiger partial charge in [0.05, 0.1) is 29.1 Å². The molecule has 1 aromatic carbocycles. The van der Waals surface area contributed by atoms with Crippen LogP contribution in [0.3, 0.4) is 0 Å². The summed E-state index contributed by atoms with van der Waals surface area (Å²) >= 11 is 0. The van der Waals surface area contributed by atoms with Gasteiger partial charge in [-0.2, -0.15) is 18.3 Å². The molecule has 3 fully saturated rings. The predicted molar refractivity (Wildman–Crippen MR) is 149 cm³/mol. The van der Waals surface area contributed by atoms with Crippen molar-refractivity contribution >= 4 is 17.8 Å². The normalized spacial score (nSPS) is 23.7. The number of hydrogen-bond acceptors (Lipinski definition) is 4. The van der Waals surface area contributed by atoms with Crippen molar-refractivity contribution in [3.8, 4) is 0 Å². The van der Waals surface area contributed by atoms with Crippen LogP contribution in [0.5, 0.6) is 0 Å². The van der Waals surface area contributed by atoms with Crippen LogP contribution in [0, 0.1) is 11.8 Å². The molecule has 1 aromatic heterocycles. The summed E-state index contributed by atoms with van der Waals surface area (Å²) in [6.07, 6.45) is 2.15. The Morgan fingerprint density at radius 3 is 2.26 bits per heavy atom. The monoisotopic (exact) mass is 588 g/mol. The molecular weight excluding hydrogens is 549 g/mol. The molecule has 2 aliphatic carbocycles. The second-order valence-corrected chi connectivity index (χ2v) is 12.5. The molecule has 1 unspecified atom stereocenters. The number of halogens is 3. The maximum atomic E-state index is 13.7. The van der Waals surface area contributed by atoms with Gasteiger partial charge in [-0.05, 0) is 62.5 Å². The largest absolute Gasteiger partial charge is 0.480 e. The summed E-state index contributed by atoms with van der Waals surface area (Å²) in [5.41, 5.74) is 1.02. The standard InChI is InChI=1S/C31H39F3N4O4/c1-18(2)26(30(41)42)36(3)28(39)20-10-12-22(13-11-20)38-27(19-8-9-19)24(16-35-38)29(40)37-15-14-21(17-37)23-6-4-5-7-25(23)31(32,33)34/h4-7,16,18-22,26H,8-15,17H2,1-3H3,(H,41,42)/t20-,21?,22-,26-/m0/s1. The summed E-state index contributed by atoms with van der Waals surface area (Å²) in [5, 5.41) is 14.2. The number of benzene rings is 1. The first-order valence-corrected chi connectivity index (χ1v) is 14.9. The molecule has 3 aliphatic rings. The number of aromatic nitrogens is 2. The van der Waals surface area contributed by atoms with E-state index in [-0.39, 0.29) is 53.6 Å². The van der Waals surface area contributed by atoms with Gasteiger partial charge in [0, 0.05) is 37.9 Å². The Kier molecular flexibility index (Phi) is 8.40. The van der Waals surface area contributed by atoms with Gasteiger partial charge in [-0.15, -0.1) is 0 Å². The van der Waals surface area contributed by atoms with E-state index >= 15 is 0 Å². The van der Waals surface area contributed by atoms with Gasteiger partial charge >= 0.3 is 12.1 Å². The number of carbonyl (C=O) groups is 3. The molecule has 2 atom stereocenters. The van der Waals surface area contributed by atoms with Gasteiger partial charge in [0.15, 0.2) is 0 Å². The summed E-state index contributed by atoms with van der Waals surface area (Å²) in [7, 11) is 1.56. The van der Waals surface area contributed by atoms with Crippen LogP contribution in [-0.2, 0) is 15.8 Å². The van der Waals surface area contributed by atoms with Gasteiger partial charge in [0.1, 0.15) is 6.04 Å². The average Bonchev–Trinajstić information content (AvgIpc) is 3.49. The van der Waals surface area contributed by atoms with E-state index in [0.29, 0.717) is 44.2 Å². The fourth-order valence-electron chi connectivity index (χ4n) is 6.96. The van der Waals surface area contributed by atoms with Gasteiger partial charge in [0.2, 0.25) is 5.91 Å². The van der Waals surface area contributed by atoms with Crippen molar-refractivity contribution in [3.63, 3.8) is 0 Å². The van der Waals surface area contributed by atoms with Crippen molar-refractivity contribution in [1.82, 2.24) is 19.6 Å². The fourth-order valence-corrected chi connectivity index (χ4v) is 6.96. The highest BCUT2D eigenvalue weighted by molar-refractivity contribution is 5.95. The minimum absolute atomic E-state index is 0.0295. The number of aliphatic carboxylic acids is 1. The Bertz CT molecular complexity index is 1330. The van der Waals surface area contributed by atoms with E-state index in [1.54, 1.807) is 38.1 Å². The quantitative estimate of drug-likeness (QED) is 0.427. The number of nitrogens with zero attached hydrogens (tertiary/aromatic N) is 4. The molecule has 228 valence electrons. The maximum absolute atomic E-state index is 13.7. The number of likely N-dealkylation sites (N-methyl/N-ethyl adjacent to an activating group) is 1. The van der Waals surface area contributed by atoms with Gasteiger partial charge in [0.25, 0.3) is 5.91 Å². The number of carbonyl (C=O) groups excluding carboxylic acids is 2. The SMILES string of the molecule is CC(C)[C@@H](C(=O)O)N(C)C(=O)[C@H]1CC[C@H](n2ncc(C(=O)N3CCC(c4ccccc4C(F)(F)F)C3)c2C2CC2)CC1. The van der Waals surface area contributed by atoms with Gasteiger partial charge in [-0.1, -0.05) is 32.0 Å². The zero-order chi connectivity index (χ0) is 30.3. The molecule has 1 saturated heterocycles. The van der Waals surface area contributed by atoms with E-state index in [0.717, 1.165) is 24.6 Å². The second-order valence-electron chi connectivity index (χ2n) is 12.5. The molecule has 0 radical (unpaired) electrons. The smallest absolute Gasteiger partial charge is 0.416 e. The van der Waals surface area contributed by atoms with Crippen LogP contribution < -0.4 is 0 Å². The summed E-state index contributed by atoms with van der Waals surface area (Å²) in [5.74, 6) is -1.96. The third-order valence-corrected chi connectivity index (χ3v) is 9.25. The highest BCUT2D eigenvalue weighted by Gasteiger charge is 2.41. The van der Waals surface area contributed by atoms with Crippen molar-refractivity contribution in [2.45, 2.75) is 88.9 Å². The van der Waals surface area contributed by atoms with E-state index < -0.39 is 23.8 Å². The van der Waals surface area contributed by atoms with E-state index in [2.05, 4.69) is 5.10 Å². The lowest BCUT2D eigenvalue weighted by atomic mass is 9.84. The highest BCUT2D eigenvalue weighted by atomic mass is 19.4. The topological polar surface area (TPSA) is 95.7 Å². The third kappa shape index (κ3) is 5.92. The Morgan fingerprint density at radius 2 is 1.67 bits per heavy atom. The first-order valence-electron chi connectivity index (χ1n) is 14.9. The Balaban J connectivity index is 1.27. The zero-order valence-corrected chi connectivity index (χ0v) is 24.3. The van der Waals surface area contributed by atoms with Crippen molar-refractivity contribution in [1.29, 1.82) is 0 Å². The van der Waals surface area contributed by atoms with Crippen molar-refractivity contribution in [3.05, 3.63) is 52.8 Å². The lowest BCUT2D eigenvalue weighted by Gasteiger charge is -2.34. The van der Waals surface area contributed by atoms with E-state index in [9.17, 15) is 32.7 Å². The van der Waals surface area contributed by atoms with Crippen LogP contribution in [0.2, 0.25) is 0 Å². The molecule has 1 N–H and O–H groups in total. The molecule has 0 spiro atoms. The second kappa shape index (κ2) is 11.7. The molecule has 2 aromatic rings. The Morgan fingerprint density at radius 1 is 1.00 bits per heavy atom. The first-order chi connectivity index (χ1) is 19.9. The zero-order valence-electron chi connectivity index (χ0n) is 24.3. The molecule has 5 rings (SSSR count). The van der Waals surface area contributed by atoms with E-state index in [4.69, 9.17) is 0 Å². The highest BCUT2D eigenvalue weighted by Crippen LogP contribution is 2.45. The number of carboxylic acid groups (broad SMARTS) is 1. The van der Waals surface area contributed by atoms with Gasteiger partial charge in [-0.25, -0.2) is 4.79 Å². The lowest BCUT2D eigenvalue weighted by Crippen LogP contribution is -2.48. The summed E-state index contributed by atoms with van der Waals surface area (Å²) in [6.45, 7) is 4.20. The van der Waals surface area contributed by atoms with Gasteiger partial charge in [-0.3, -0.25) is 14.3 Å². The number of amides is 2. The number of likely N-dealkylation sites (tertiary alicyclic amines) is 1. The van der Waals surface area contributed by atoms with Crippen molar-refractivity contribution in [2.24, 2.45) is 11.8 Å². The fraction of sp³-hybridized carbons (Fsp3) is 0.613. The number of hydrogen-bond donors (Lipinski definition) is 1. The molecule has 2 heterocycles. The van der Waals surface area contributed by atoms with E-state index in [1.807, 2.05) is 4.68 Å². The number of carboxylic acids is 1. The molecule has 42 heavy (non-hydrogen) atoms. The molecule has 2 saturated carbocycles. The van der Waals surface area contributed by atoms with Crippen LogP contribution >= 0.6 is 0 Å². The van der Waals surface area contributed by atoms with Crippen LogP contribution in [0.4, 0.5) is 13.2 Å². The summed E-state index contributed by atoms with van der Waals surface area (Å²) < 4.78 is 42.8. The van der Waals surface area contributed by atoms with Crippen molar-refractivity contribution < 1.29 is 32.7 Å². The molecule has 1 aliphatic heterocycles. The predicted octanol–water partition coefficient (Wildman–Crippen LogP) is 5.71. The van der Waals surface area contributed by atoms with Crippen LogP contribution in [0.1, 0.15) is 104 Å². The summed E-state index contributed by atoms with van der Waals surface area (Å²) in [6, 6.07) is 4.77. The van der Waals surface area contributed by atoms with Gasteiger partial charge < -0.3 is 14.9 Å². The Hall–Kier alpha value is -3.37. The minimum atomic E-state index is -4.44. The molecule has 8 nitrogen and oxygen atoms in total. The van der Waals surface area contributed by atoms with Crippen LogP contribution in [0.15, 0.2) is 30.5 Å². The molecular formula is C31H39F3N4O4. The minimum Gasteiger partial charge on any atom is -0.480 e. The van der Waals surface area contributed by atoms with E-state index in [1.165, 1.54) is 17.0 Å². The molecule has 11 heteroatoms. The lowest BCUT2D eigenvalue weighted by molar-refractivity contribution is -0.153. The Labute approximate surface area is 243 Å². The number of rotatable bonds is 8. The van der Waals surface area contributed by atoms with Crippen LogP contribution in [0.25, 0.3) is 0 Å². The molecule has 2 amide bonds. The summed E-state index contributed by atoms with van der Waals surface area (Å²) in [4.78, 5) is 41.6. The third-order valence-electron chi connectivity index (χ3n) is 9.25. The maximum Gasteiger partial charge on any atom is 0.416 e. The van der Waals surface area contributed by atoms with Crippen molar-refractivity contribution in [2.75, 3.05) is 20.1 Å². The first kappa shape index (κ1) is 30.1. The van der Waals surface area contributed by atoms with Crippen LogP contribution in [-0.4, -0.2) is 68.6 Å². The molecule has 0 bridgehead atoms. The average molecular weight is 589 g/mol. The number of alkyl halides is 3.